The van der Waals surface area contributed by atoms with E-state index in [-0.39, 0.29) is 12.4 Å². The summed E-state index contributed by atoms with van der Waals surface area (Å²) in [4.78, 5) is 0. The highest BCUT2D eigenvalue weighted by Crippen LogP contribution is 2.22. The Morgan fingerprint density at radius 1 is 0.769 bits per heavy atom. The number of nitrogens with two attached hydrogens (primary N) is 2. The van der Waals surface area contributed by atoms with Gasteiger partial charge in [-0.15, -0.1) is 12.4 Å². The van der Waals surface area contributed by atoms with Crippen LogP contribution in [0.25, 0.3) is 10.8 Å². The first-order valence-corrected chi connectivity index (χ1v) is 3.81. The van der Waals surface area contributed by atoms with E-state index in [4.69, 9.17) is 11.5 Å². The van der Waals surface area contributed by atoms with Crippen LogP contribution >= 0.6 is 12.4 Å². The molecule has 0 heterocycles. The van der Waals surface area contributed by atoms with Crippen LogP contribution in [0, 0.1) is 0 Å². The molecule has 0 spiro atoms. The van der Waals surface area contributed by atoms with Crippen molar-refractivity contribution in [3.8, 4) is 0 Å². The van der Waals surface area contributed by atoms with E-state index >= 15 is 0 Å². The van der Waals surface area contributed by atoms with Crippen LogP contribution < -0.4 is 11.5 Å². The van der Waals surface area contributed by atoms with Gasteiger partial charge < -0.3 is 11.5 Å². The van der Waals surface area contributed by atoms with Gasteiger partial charge in [-0.05, 0) is 22.9 Å². The second kappa shape index (κ2) is 3.54. The van der Waals surface area contributed by atoms with Crippen LogP contribution in [-0.2, 0) is 0 Å². The summed E-state index contributed by atoms with van der Waals surface area (Å²) in [6, 6.07) is 11.8. The molecule has 0 saturated heterocycles. The van der Waals surface area contributed by atoms with Gasteiger partial charge in [-0.2, -0.15) is 0 Å². The van der Waals surface area contributed by atoms with E-state index in [0.29, 0.717) is 11.4 Å². The van der Waals surface area contributed by atoms with Crippen LogP contribution in [0.3, 0.4) is 0 Å². The molecule has 0 fully saturated rings. The van der Waals surface area contributed by atoms with E-state index < -0.39 is 0 Å². The number of rotatable bonds is 0. The summed E-state index contributed by atoms with van der Waals surface area (Å²) in [5.74, 6) is 0. The van der Waals surface area contributed by atoms with Gasteiger partial charge in [0.2, 0.25) is 0 Å². The largest absolute Gasteiger partial charge is 0.397 e. The molecule has 3 heteroatoms. The average Bonchev–Trinajstić information content (AvgIpc) is 2.07. The smallest absolute Gasteiger partial charge is 0.0554 e. The Kier molecular flexibility index (Phi) is 2.63. The van der Waals surface area contributed by atoms with Crippen molar-refractivity contribution in [3.05, 3.63) is 36.4 Å². The van der Waals surface area contributed by atoms with Crippen molar-refractivity contribution in [2.75, 3.05) is 11.5 Å². The van der Waals surface area contributed by atoms with Gasteiger partial charge in [0.1, 0.15) is 0 Å². The van der Waals surface area contributed by atoms with Gasteiger partial charge in [-0.1, -0.05) is 24.3 Å². The fourth-order valence-electron chi connectivity index (χ4n) is 1.28. The summed E-state index contributed by atoms with van der Waals surface area (Å²) in [6.45, 7) is 0. The minimum Gasteiger partial charge on any atom is -0.397 e. The molecule has 2 rings (SSSR count). The minimum atomic E-state index is 0. The van der Waals surface area contributed by atoms with E-state index in [0.717, 1.165) is 10.8 Å². The van der Waals surface area contributed by atoms with Gasteiger partial charge >= 0.3 is 0 Å². The normalized spacial score (nSPS) is 9.54. The lowest BCUT2D eigenvalue weighted by atomic mass is 10.1. The number of benzene rings is 2. The summed E-state index contributed by atoms with van der Waals surface area (Å²) in [5.41, 5.74) is 12.6. The molecule has 68 valence electrons. The topological polar surface area (TPSA) is 52.0 Å². The van der Waals surface area contributed by atoms with Crippen molar-refractivity contribution in [2.24, 2.45) is 0 Å². The molecule has 2 aromatic carbocycles. The molecule has 0 saturated carbocycles. The number of fused-ring (bicyclic) bond motifs is 1. The number of halogens is 1. The predicted molar refractivity (Wildman–Crippen MR) is 60.0 cm³/mol. The first-order chi connectivity index (χ1) is 5.77. The molecule has 2 nitrogen and oxygen atoms in total. The monoisotopic (exact) mass is 194 g/mol. The van der Waals surface area contributed by atoms with Gasteiger partial charge in [-0.25, -0.2) is 0 Å². The van der Waals surface area contributed by atoms with Crippen LogP contribution in [0.15, 0.2) is 36.4 Å². The summed E-state index contributed by atoms with van der Waals surface area (Å²) in [5, 5.41) is 2.26. The van der Waals surface area contributed by atoms with Crippen LogP contribution in [0.5, 0.6) is 0 Å². The van der Waals surface area contributed by atoms with Gasteiger partial charge in [-0.3, -0.25) is 0 Å². The molecular formula is C10H11ClN2. The molecule has 0 aliphatic rings. The molecule has 0 atom stereocenters. The molecule has 0 aliphatic carbocycles. The van der Waals surface area contributed by atoms with Crippen molar-refractivity contribution in [1.82, 2.24) is 0 Å². The second-order valence-corrected chi connectivity index (χ2v) is 2.83. The lowest BCUT2D eigenvalue weighted by Gasteiger charge is -2.02. The Balaban J connectivity index is 0.000000845. The number of nitrogen functional groups attached to an aromatic ring is 2. The minimum absolute atomic E-state index is 0. The maximum Gasteiger partial charge on any atom is 0.0554 e. The maximum atomic E-state index is 5.66. The second-order valence-electron chi connectivity index (χ2n) is 2.83. The number of hydrogen-bond acceptors (Lipinski definition) is 2. The summed E-state index contributed by atoms with van der Waals surface area (Å²) < 4.78 is 0. The van der Waals surface area contributed by atoms with Crippen molar-refractivity contribution in [1.29, 1.82) is 0 Å². The SMILES string of the molecule is Cl.Nc1cc2ccccc2cc1N. The summed E-state index contributed by atoms with van der Waals surface area (Å²) in [6.07, 6.45) is 0. The van der Waals surface area contributed by atoms with E-state index in [1.807, 2.05) is 36.4 Å². The Morgan fingerprint density at radius 2 is 1.15 bits per heavy atom. The van der Waals surface area contributed by atoms with Gasteiger partial charge in [0.25, 0.3) is 0 Å². The third-order valence-electron chi connectivity index (χ3n) is 1.95. The third kappa shape index (κ3) is 1.68. The predicted octanol–water partition coefficient (Wildman–Crippen LogP) is 2.43. The zero-order valence-electron chi connectivity index (χ0n) is 7.03. The standard InChI is InChI=1S/C10H10N2.ClH/c11-9-5-7-3-1-2-4-8(7)6-10(9)12;/h1-6H,11-12H2;1H. The fourth-order valence-corrected chi connectivity index (χ4v) is 1.28. The van der Waals surface area contributed by atoms with Gasteiger partial charge in [0.15, 0.2) is 0 Å². The van der Waals surface area contributed by atoms with Crippen LogP contribution in [0.2, 0.25) is 0 Å². The zero-order chi connectivity index (χ0) is 8.55. The van der Waals surface area contributed by atoms with Crippen LogP contribution in [0.4, 0.5) is 11.4 Å². The molecule has 0 bridgehead atoms. The Morgan fingerprint density at radius 3 is 1.54 bits per heavy atom. The summed E-state index contributed by atoms with van der Waals surface area (Å²) >= 11 is 0. The number of hydrogen-bond donors (Lipinski definition) is 2. The average molecular weight is 195 g/mol. The quantitative estimate of drug-likeness (QED) is 0.633. The van der Waals surface area contributed by atoms with Crippen molar-refractivity contribution in [3.63, 3.8) is 0 Å². The fraction of sp³-hybridized carbons (Fsp3) is 0. The molecule has 13 heavy (non-hydrogen) atoms. The Labute approximate surface area is 82.9 Å². The first-order valence-electron chi connectivity index (χ1n) is 3.81. The van der Waals surface area contributed by atoms with E-state index in [2.05, 4.69) is 0 Å². The third-order valence-corrected chi connectivity index (χ3v) is 1.95. The number of anilines is 2. The molecule has 2 aromatic rings. The van der Waals surface area contributed by atoms with Gasteiger partial charge in [0.05, 0.1) is 11.4 Å². The summed E-state index contributed by atoms with van der Waals surface area (Å²) in [7, 11) is 0. The Bertz CT molecular complexity index is 386. The van der Waals surface area contributed by atoms with E-state index in [1.54, 1.807) is 0 Å². The molecule has 0 unspecified atom stereocenters. The highest BCUT2D eigenvalue weighted by Gasteiger charge is 1.96. The lowest BCUT2D eigenvalue weighted by Crippen LogP contribution is -1.93. The van der Waals surface area contributed by atoms with E-state index in [9.17, 15) is 0 Å². The highest BCUT2D eigenvalue weighted by atomic mass is 35.5. The van der Waals surface area contributed by atoms with Crippen molar-refractivity contribution in [2.45, 2.75) is 0 Å². The van der Waals surface area contributed by atoms with Gasteiger partial charge in [0, 0.05) is 0 Å². The van der Waals surface area contributed by atoms with Crippen molar-refractivity contribution >= 4 is 34.6 Å². The molecule has 0 radical (unpaired) electrons. The zero-order valence-corrected chi connectivity index (χ0v) is 7.84. The maximum absolute atomic E-state index is 5.66. The van der Waals surface area contributed by atoms with Crippen molar-refractivity contribution < 1.29 is 0 Å². The Hall–Kier alpha value is -1.41. The molecule has 0 amide bonds. The molecule has 4 N–H and O–H groups in total. The lowest BCUT2D eigenvalue weighted by molar-refractivity contribution is 1.70. The highest BCUT2D eigenvalue weighted by molar-refractivity contribution is 5.90. The molecule has 0 aromatic heterocycles. The molecule has 0 aliphatic heterocycles. The van der Waals surface area contributed by atoms with Crippen LogP contribution in [0.1, 0.15) is 0 Å². The molecular weight excluding hydrogens is 184 g/mol. The van der Waals surface area contributed by atoms with E-state index in [1.165, 1.54) is 0 Å². The van der Waals surface area contributed by atoms with Crippen LogP contribution in [-0.4, -0.2) is 0 Å². The first kappa shape index (κ1) is 9.68.